The summed E-state index contributed by atoms with van der Waals surface area (Å²) in [6.45, 7) is 12.1. The quantitative estimate of drug-likeness (QED) is 0.744. The number of nitrogens with zero attached hydrogens (tertiary/aromatic N) is 3. The number of furan rings is 1. The number of aromatic nitrogens is 2. The Bertz CT molecular complexity index is 689. The largest absolute Gasteiger partial charge is 0.454 e. The summed E-state index contributed by atoms with van der Waals surface area (Å²) in [5.74, 6) is 0.870. The molecule has 1 N–H and O–H groups in total. The maximum atomic E-state index is 12.1. The Kier molecular flexibility index (Phi) is 6.62. The van der Waals surface area contributed by atoms with Crippen LogP contribution in [0.3, 0.4) is 0 Å². The summed E-state index contributed by atoms with van der Waals surface area (Å²) in [6, 6.07) is 3.53. The van der Waals surface area contributed by atoms with Gasteiger partial charge in [-0.25, -0.2) is 0 Å². The lowest BCUT2D eigenvalue weighted by Gasteiger charge is -2.17. The van der Waals surface area contributed by atoms with Gasteiger partial charge in [-0.05, 0) is 55.0 Å². The molecule has 0 aliphatic carbocycles. The number of rotatable bonds is 8. The lowest BCUT2D eigenvalue weighted by Crippen LogP contribution is -2.34. The van der Waals surface area contributed by atoms with Crippen molar-refractivity contribution in [2.45, 2.75) is 34.2 Å². The van der Waals surface area contributed by atoms with E-state index in [1.165, 1.54) is 0 Å². The number of hydrogen-bond donors (Lipinski definition) is 1. The molecule has 2 heterocycles. The van der Waals surface area contributed by atoms with Crippen molar-refractivity contribution in [2.75, 3.05) is 26.2 Å². The van der Waals surface area contributed by atoms with E-state index in [4.69, 9.17) is 4.42 Å². The number of halogens is 1. The van der Waals surface area contributed by atoms with Crippen molar-refractivity contribution in [3.8, 4) is 0 Å². The van der Waals surface area contributed by atoms with Gasteiger partial charge >= 0.3 is 0 Å². The maximum Gasteiger partial charge on any atom is 0.287 e. The Hall–Kier alpha value is -1.60. The van der Waals surface area contributed by atoms with E-state index in [1.807, 2.05) is 24.6 Å². The van der Waals surface area contributed by atoms with Gasteiger partial charge in [0.05, 0.1) is 22.4 Å². The molecule has 0 atom stereocenters. The molecule has 0 aromatic carbocycles. The number of carbonyl (C=O) groups is 1. The molecule has 0 saturated carbocycles. The van der Waals surface area contributed by atoms with Gasteiger partial charge in [-0.3, -0.25) is 9.48 Å². The third-order valence-corrected chi connectivity index (χ3v) is 5.24. The highest BCUT2D eigenvalue weighted by Gasteiger charge is 2.14. The van der Waals surface area contributed by atoms with Crippen LogP contribution in [-0.4, -0.2) is 46.8 Å². The molecule has 0 aliphatic heterocycles. The Labute approximate surface area is 151 Å². The molecule has 7 heteroatoms. The van der Waals surface area contributed by atoms with Crippen molar-refractivity contribution in [2.24, 2.45) is 0 Å². The van der Waals surface area contributed by atoms with Crippen molar-refractivity contribution in [3.05, 3.63) is 39.5 Å². The molecule has 0 spiro atoms. The van der Waals surface area contributed by atoms with Crippen LogP contribution in [0.25, 0.3) is 0 Å². The fraction of sp³-hybridized carbons (Fsp3) is 0.529. The minimum absolute atomic E-state index is 0.178. The van der Waals surface area contributed by atoms with Crippen LogP contribution in [0.4, 0.5) is 0 Å². The summed E-state index contributed by atoms with van der Waals surface area (Å²) in [5, 5.41) is 7.35. The number of aryl methyl sites for hydroxylation is 1. The maximum absolute atomic E-state index is 12.1. The third kappa shape index (κ3) is 4.48. The Morgan fingerprint density at radius 1 is 1.33 bits per heavy atom. The van der Waals surface area contributed by atoms with Crippen molar-refractivity contribution < 1.29 is 9.21 Å². The van der Waals surface area contributed by atoms with Crippen LogP contribution < -0.4 is 5.32 Å². The molecule has 0 fully saturated rings. The molecule has 2 aromatic rings. The average Bonchev–Trinajstić information content (AvgIpc) is 3.13. The first kappa shape index (κ1) is 18.7. The topological polar surface area (TPSA) is 63.3 Å². The Balaban J connectivity index is 1.92. The van der Waals surface area contributed by atoms with Gasteiger partial charge in [0.15, 0.2) is 5.76 Å². The summed E-state index contributed by atoms with van der Waals surface area (Å²) >= 11 is 3.51. The molecule has 0 saturated heterocycles. The van der Waals surface area contributed by atoms with E-state index in [9.17, 15) is 4.79 Å². The van der Waals surface area contributed by atoms with E-state index in [0.29, 0.717) is 24.6 Å². The minimum Gasteiger partial charge on any atom is -0.454 e. The SMILES string of the molecule is CCN(CC)CCNC(=O)c1ccc(Cn2nc(C)c(Br)c2C)o1. The second kappa shape index (κ2) is 8.48. The highest BCUT2D eigenvalue weighted by Crippen LogP contribution is 2.21. The standard InChI is InChI=1S/C17H25BrN4O2/c1-5-21(6-2)10-9-19-17(23)15-8-7-14(24-15)11-22-13(4)16(18)12(3)20-22/h7-8H,5-6,9-11H2,1-4H3,(H,19,23). The fourth-order valence-electron chi connectivity index (χ4n) is 2.52. The van der Waals surface area contributed by atoms with Crippen molar-refractivity contribution in [1.29, 1.82) is 0 Å². The predicted molar refractivity (Wildman–Crippen MR) is 97.3 cm³/mol. The van der Waals surface area contributed by atoms with Crippen LogP contribution in [-0.2, 0) is 6.54 Å². The smallest absolute Gasteiger partial charge is 0.287 e. The number of carbonyl (C=O) groups excluding carboxylic acids is 1. The van der Waals surface area contributed by atoms with E-state index >= 15 is 0 Å². The molecule has 24 heavy (non-hydrogen) atoms. The van der Waals surface area contributed by atoms with Gasteiger partial charge in [0, 0.05) is 13.1 Å². The summed E-state index contributed by atoms with van der Waals surface area (Å²) < 4.78 is 8.53. The number of likely N-dealkylation sites (N-methyl/N-ethyl adjacent to an activating group) is 1. The molecular formula is C17H25BrN4O2. The summed E-state index contributed by atoms with van der Waals surface area (Å²) in [4.78, 5) is 14.4. The molecule has 1 amide bonds. The number of hydrogen-bond acceptors (Lipinski definition) is 4. The van der Waals surface area contributed by atoms with Crippen LogP contribution in [0.15, 0.2) is 21.0 Å². The first-order valence-corrected chi connectivity index (χ1v) is 9.04. The summed E-state index contributed by atoms with van der Waals surface area (Å²) in [6.07, 6.45) is 0. The molecule has 0 bridgehead atoms. The van der Waals surface area contributed by atoms with E-state index < -0.39 is 0 Å². The highest BCUT2D eigenvalue weighted by atomic mass is 79.9. The number of nitrogens with one attached hydrogen (secondary N) is 1. The molecule has 0 radical (unpaired) electrons. The fourth-order valence-corrected chi connectivity index (χ4v) is 2.80. The normalized spacial score (nSPS) is 11.2. The van der Waals surface area contributed by atoms with E-state index in [2.05, 4.69) is 45.1 Å². The van der Waals surface area contributed by atoms with Gasteiger partial charge in [0.2, 0.25) is 0 Å². The van der Waals surface area contributed by atoms with Crippen molar-refractivity contribution in [3.63, 3.8) is 0 Å². The predicted octanol–water partition coefficient (Wildman–Crippen LogP) is 2.98. The lowest BCUT2D eigenvalue weighted by molar-refractivity contribution is 0.0919. The molecule has 132 valence electrons. The number of amides is 1. The van der Waals surface area contributed by atoms with Crippen molar-refractivity contribution >= 4 is 21.8 Å². The Morgan fingerprint density at radius 3 is 2.62 bits per heavy atom. The molecule has 0 unspecified atom stereocenters. The van der Waals surface area contributed by atoms with Gasteiger partial charge in [-0.1, -0.05) is 13.8 Å². The minimum atomic E-state index is -0.178. The Morgan fingerprint density at radius 2 is 2.04 bits per heavy atom. The van der Waals surface area contributed by atoms with Crippen LogP contribution in [0.2, 0.25) is 0 Å². The van der Waals surface area contributed by atoms with Gasteiger partial charge in [0.1, 0.15) is 5.76 Å². The summed E-state index contributed by atoms with van der Waals surface area (Å²) in [5.41, 5.74) is 1.97. The molecule has 6 nitrogen and oxygen atoms in total. The second-order valence-corrected chi connectivity index (χ2v) is 6.48. The first-order chi connectivity index (χ1) is 11.5. The molecule has 0 aliphatic rings. The molecular weight excluding hydrogens is 372 g/mol. The van der Waals surface area contributed by atoms with Gasteiger partial charge in [-0.15, -0.1) is 0 Å². The highest BCUT2D eigenvalue weighted by molar-refractivity contribution is 9.10. The zero-order chi connectivity index (χ0) is 17.7. The molecule has 2 rings (SSSR count). The van der Waals surface area contributed by atoms with Crippen molar-refractivity contribution in [1.82, 2.24) is 20.0 Å². The second-order valence-electron chi connectivity index (χ2n) is 5.69. The monoisotopic (exact) mass is 396 g/mol. The third-order valence-electron chi connectivity index (χ3n) is 4.09. The molecule has 2 aromatic heterocycles. The van der Waals surface area contributed by atoms with Crippen LogP contribution >= 0.6 is 15.9 Å². The van der Waals surface area contributed by atoms with Gasteiger partial charge < -0.3 is 14.6 Å². The van der Waals surface area contributed by atoms with Crippen LogP contribution in [0.5, 0.6) is 0 Å². The van der Waals surface area contributed by atoms with Crippen LogP contribution in [0, 0.1) is 13.8 Å². The van der Waals surface area contributed by atoms with Gasteiger partial charge in [-0.2, -0.15) is 5.10 Å². The first-order valence-electron chi connectivity index (χ1n) is 8.25. The zero-order valence-corrected chi connectivity index (χ0v) is 16.3. The van der Waals surface area contributed by atoms with E-state index in [-0.39, 0.29) is 5.91 Å². The summed E-state index contributed by atoms with van der Waals surface area (Å²) in [7, 11) is 0. The van der Waals surface area contributed by atoms with E-state index in [0.717, 1.165) is 35.5 Å². The zero-order valence-electron chi connectivity index (χ0n) is 14.7. The van der Waals surface area contributed by atoms with Crippen LogP contribution in [0.1, 0.15) is 41.6 Å². The van der Waals surface area contributed by atoms with Gasteiger partial charge in [0.25, 0.3) is 5.91 Å². The average molecular weight is 397 g/mol. The lowest BCUT2D eigenvalue weighted by atomic mass is 10.4. The van der Waals surface area contributed by atoms with E-state index in [1.54, 1.807) is 6.07 Å².